The summed E-state index contributed by atoms with van der Waals surface area (Å²) in [6, 6.07) is 8.23. The monoisotopic (exact) mass is 360 g/mol. The number of aliphatic imine (C=N–C) groups is 1. The van der Waals surface area contributed by atoms with Crippen molar-refractivity contribution in [2.24, 2.45) is 4.99 Å². The van der Waals surface area contributed by atoms with E-state index in [9.17, 15) is 4.79 Å². The van der Waals surface area contributed by atoms with Crippen LogP contribution in [0.25, 0.3) is 0 Å². The summed E-state index contributed by atoms with van der Waals surface area (Å²) >= 11 is 3.23. The van der Waals surface area contributed by atoms with Crippen molar-refractivity contribution < 1.29 is 9.90 Å². The highest BCUT2D eigenvalue weighted by Crippen LogP contribution is 2.34. The standard InChI is InChI=1S/C16H16N4O2S2/c21-15(22)12-9-24-16(18-12)20-7-5-19(6-8-20)14-10-23-13-4-2-1-3-11(13)17-14/h1-4,9H,5-8,10H2,(H,21,22). The van der Waals surface area contributed by atoms with Crippen LogP contribution in [0.15, 0.2) is 39.5 Å². The molecule has 0 radical (unpaired) electrons. The topological polar surface area (TPSA) is 69.0 Å². The van der Waals surface area contributed by atoms with Gasteiger partial charge in [0.05, 0.1) is 11.4 Å². The number of benzene rings is 1. The second-order valence-corrected chi connectivity index (χ2v) is 7.43. The lowest BCUT2D eigenvalue weighted by atomic mass is 10.3. The number of amidine groups is 1. The summed E-state index contributed by atoms with van der Waals surface area (Å²) in [6.07, 6.45) is 0. The van der Waals surface area contributed by atoms with E-state index in [0.29, 0.717) is 0 Å². The summed E-state index contributed by atoms with van der Waals surface area (Å²) in [4.78, 5) is 25.7. The summed E-state index contributed by atoms with van der Waals surface area (Å²) in [5.74, 6) is 1.06. The number of carbonyl (C=O) groups is 1. The van der Waals surface area contributed by atoms with E-state index in [4.69, 9.17) is 10.1 Å². The molecule has 1 N–H and O–H groups in total. The molecule has 124 valence electrons. The Hall–Kier alpha value is -2.06. The first kappa shape index (κ1) is 15.5. The van der Waals surface area contributed by atoms with E-state index >= 15 is 0 Å². The van der Waals surface area contributed by atoms with Gasteiger partial charge in [-0.3, -0.25) is 0 Å². The second kappa shape index (κ2) is 6.45. The van der Waals surface area contributed by atoms with Crippen LogP contribution in [0.1, 0.15) is 10.5 Å². The lowest BCUT2D eigenvalue weighted by Gasteiger charge is -2.37. The maximum absolute atomic E-state index is 11.0. The Morgan fingerprint density at radius 1 is 1.12 bits per heavy atom. The van der Waals surface area contributed by atoms with E-state index in [1.165, 1.54) is 16.2 Å². The number of hydrogen-bond donors (Lipinski definition) is 1. The number of piperazine rings is 1. The highest BCUT2D eigenvalue weighted by molar-refractivity contribution is 8.00. The number of carboxylic acid groups (broad SMARTS) is 1. The number of rotatable bonds is 2. The van der Waals surface area contributed by atoms with Crippen molar-refractivity contribution in [2.45, 2.75) is 4.90 Å². The van der Waals surface area contributed by atoms with Gasteiger partial charge in [-0.25, -0.2) is 14.8 Å². The zero-order valence-corrected chi connectivity index (χ0v) is 14.5. The third kappa shape index (κ3) is 2.99. The molecule has 0 spiro atoms. The van der Waals surface area contributed by atoms with Crippen molar-refractivity contribution in [3.8, 4) is 0 Å². The highest BCUT2D eigenvalue weighted by Gasteiger charge is 2.24. The number of aromatic carboxylic acids is 1. The van der Waals surface area contributed by atoms with Crippen LogP contribution in [0.5, 0.6) is 0 Å². The summed E-state index contributed by atoms with van der Waals surface area (Å²) in [5, 5.41) is 11.4. The van der Waals surface area contributed by atoms with Crippen LogP contribution in [0.3, 0.4) is 0 Å². The van der Waals surface area contributed by atoms with E-state index in [-0.39, 0.29) is 5.69 Å². The Labute approximate surface area is 147 Å². The Balaban J connectivity index is 1.43. The maximum Gasteiger partial charge on any atom is 0.355 e. The first-order chi connectivity index (χ1) is 11.7. The maximum atomic E-state index is 11.0. The average Bonchev–Trinajstić information content (AvgIpc) is 3.12. The molecule has 4 rings (SSSR count). The smallest absolute Gasteiger partial charge is 0.355 e. The molecule has 24 heavy (non-hydrogen) atoms. The normalized spacial score (nSPS) is 17.4. The van der Waals surface area contributed by atoms with Crippen LogP contribution in [0.2, 0.25) is 0 Å². The molecular weight excluding hydrogens is 344 g/mol. The first-order valence-electron chi connectivity index (χ1n) is 7.69. The van der Waals surface area contributed by atoms with E-state index in [1.807, 2.05) is 23.9 Å². The predicted molar refractivity (Wildman–Crippen MR) is 97.1 cm³/mol. The fraction of sp³-hybridized carbons (Fsp3) is 0.312. The fourth-order valence-electron chi connectivity index (χ4n) is 2.81. The van der Waals surface area contributed by atoms with Crippen molar-refractivity contribution in [2.75, 3.05) is 36.8 Å². The number of fused-ring (bicyclic) bond motifs is 1. The van der Waals surface area contributed by atoms with Crippen molar-refractivity contribution >= 4 is 45.7 Å². The minimum atomic E-state index is -0.969. The Morgan fingerprint density at radius 2 is 1.88 bits per heavy atom. The fourth-order valence-corrected chi connectivity index (χ4v) is 4.63. The number of nitrogens with zero attached hydrogens (tertiary/aromatic N) is 4. The van der Waals surface area contributed by atoms with E-state index in [1.54, 1.807) is 5.38 Å². The van der Waals surface area contributed by atoms with Crippen LogP contribution in [0, 0.1) is 0 Å². The summed E-state index contributed by atoms with van der Waals surface area (Å²) in [5.41, 5.74) is 1.18. The number of anilines is 1. The Bertz CT molecular complexity index is 797. The van der Waals surface area contributed by atoms with Crippen LogP contribution >= 0.6 is 23.1 Å². The molecule has 6 nitrogen and oxygen atoms in total. The van der Waals surface area contributed by atoms with Gasteiger partial charge < -0.3 is 14.9 Å². The van der Waals surface area contributed by atoms with Gasteiger partial charge in [-0.15, -0.1) is 23.1 Å². The van der Waals surface area contributed by atoms with Crippen LogP contribution in [0.4, 0.5) is 10.8 Å². The molecule has 2 aliphatic rings. The second-order valence-electron chi connectivity index (χ2n) is 5.58. The van der Waals surface area contributed by atoms with Crippen molar-refractivity contribution in [3.05, 3.63) is 35.3 Å². The molecule has 0 atom stereocenters. The third-order valence-electron chi connectivity index (χ3n) is 4.10. The lowest BCUT2D eigenvalue weighted by Crippen LogP contribution is -2.49. The quantitative estimate of drug-likeness (QED) is 0.888. The molecule has 0 unspecified atom stereocenters. The van der Waals surface area contributed by atoms with Crippen molar-refractivity contribution in [3.63, 3.8) is 0 Å². The molecule has 0 bridgehead atoms. The van der Waals surface area contributed by atoms with Gasteiger partial charge in [0.15, 0.2) is 10.8 Å². The van der Waals surface area contributed by atoms with Gasteiger partial charge >= 0.3 is 5.97 Å². The predicted octanol–water partition coefficient (Wildman–Crippen LogP) is 2.80. The molecule has 1 aromatic carbocycles. The van der Waals surface area contributed by atoms with Crippen molar-refractivity contribution in [1.29, 1.82) is 0 Å². The Kier molecular flexibility index (Phi) is 4.15. The third-order valence-corrected chi connectivity index (χ3v) is 6.06. The summed E-state index contributed by atoms with van der Waals surface area (Å²) in [6.45, 7) is 3.42. The molecular formula is C16H16N4O2S2. The summed E-state index contributed by atoms with van der Waals surface area (Å²) in [7, 11) is 0. The Morgan fingerprint density at radius 3 is 2.62 bits per heavy atom. The molecule has 3 heterocycles. The number of carboxylic acids is 1. The SMILES string of the molecule is O=C(O)c1csc(N2CCN(C3=Nc4ccccc4SC3)CC2)n1. The number of thiazole rings is 1. The molecule has 1 aromatic heterocycles. The molecule has 1 saturated heterocycles. The molecule has 0 amide bonds. The van der Waals surface area contributed by atoms with Gasteiger partial charge in [-0.1, -0.05) is 12.1 Å². The van der Waals surface area contributed by atoms with Gasteiger partial charge in [0, 0.05) is 36.5 Å². The molecule has 1 fully saturated rings. The first-order valence-corrected chi connectivity index (χ1v) is 9.55. The molecule has 0 aliphatic carbocycles. The van der Waals surface area contributed by atoms with Gasteiger partial charge in [-0.2, -0.15) is 0 Å². The van der Waals surface area contributed by atoms with Gasteiger partial charge in [0.1, 0.15) is 5.84 Å². The largest absolute Gasteiger partial charge is 0.476 e. The number of aromatic nitrogens is 1. The molecule has 0 saturated carbocycles. The van der Waals surface area contributed by atoms with Gasteiger partial charge in [-0.05, 0) is 12.1 Å². The lowest BCUT2D eigenvalue weighted by molar-refractivity contribution is 0.0691. The molecule has 2 aliphatic heterocycles. The number of thioether (sulfide) groups is 1. The van der Waals surface area contributed by atoms with E-state index in [0.717, 1.165) is 48.6 Å². The van der Waals surface area contributed by atoms with Gasteiger partial charge in [0.25, 0.3) is 0 Å². The van der Waals surface area contributed by atoms with Crippen molar-refractivity contribution in [1.82, 2.24) is 9.88 Å². The summed E-state index contributed by atoms with van der Waals surface area (Å²) < 4.78 is 0. The van der Waals surface area contributed by atoms with Gasteiger partial charge in [0.2, 0.25) is 0 Å². The van der Waals surface area contributed by atoms with Crippen LogP contribution in [-0.2, 0) is 0 Å². The minimum Gasteiger partial charge on any atom is -0.476 e. The minimum absolute atomic E-state index is 0.127. The average molecular weight is 360 g/mol. The molecule has 2 aromatic rings. The zero-order chi connectivity index (χ0) is 16.5. The van der Waals surface area contributed by atoms with Crippen LogP contribution in [-0.4, -0.2) is 58.7 Å². The van der Waals surface area contributed by atoms with E-state index < -0.39 is 5.97 Å². The number of para-hydroxylation sites is 1. The highest BCUT2D eigenvalue weighted by atomic mass is 32.2. The molecule has 8 heteroatoms. The zero-order valence-electron chi connectivity index (χ0n) is 12.9. The van der Waals surface area contributed by atoms with E-state index in [2.05, 4.69) is 26.9 Å². The number of hydrogen-bond acceptors (Lipinski definition) is 7. The van der Waals surface area contributed by atoms with Crippen LogP contribution < -0.4 is 4.90 Å².